The molecule has 1 aliphatic carbocycles. The van der Waals surface area contributed by atoms with Gasteiger partial charge in [0.2, 0.25) is 0 Å². The first-order chi connectivity index (χ1) is 19.2. The Hall–Kier alpha value is -2.79. The van der Waals surface area contributed by atoms with Crippen LogP contribution in [0.2, 0.25) is 5.02 Å². The van der Waals surface area contributed by atoms with Crippen molar-refractivity contribution in [1.82, 2.24) is 14.9 Å². The molecule has 0 unspecified atom stereocenters. The van der Waals surface area contributed by atoms with Crippen LogP contribution in [-0.4, -0.2) is 62.7 Å². The zero-order chi connectivity index (χ0) is 28.3. The molecule has 2 heterocycles. The smallest absolute Gasteiger partial charge is 0.266 e. The number of halogens is 2. The first-order valence-electron chi connectivity index (χ1n) is 13.5. The third-order valence-electron chi connectivity index (χ3n) is 7.87. The van der Waals surface area contributed by atoms with E-state index < -0.39 is 20.7 Å². The van der Waals surface area contributed by atoms with Crippen molar-refractivity contribution in [2.24, 2.45) is 0 Å². The Kier molecular flexibility index (Phi) is 8.89. The van der Waals surface area contributed by atoms with Crippen LogP contribution in [0.4, 0.5) is 10.2 Å². The number of rotatable bonds is 8. The lowest BCUT2D eigenvalue weighted by molar-refractivity contribution is 0.0544. The van der Waals surface area contributed by atoms with Gasteiger partial charge in [-0.2, -0.15) is 0 Å². The molecule has 8 nitrogen and oxygen atoms in total. The molecule has 1 N–H and O–H groups in total. The highest BCUT2D eigenvalue weighted by atomic mass is 35.5. The molecular weight excluding hydrogens is 555 g/mol. The molecule has 11 heteroatoms. The summed E-state index contributed by atoms with van der Waals surface area (Å²) in [5.74, 6) is 0.102. The molecule has 0 amide bonds. The van der Waals surface area contributed by atoms with Crippen LogP contribution in [-0.2, 0) is 14.8 Å². The largest absolute Gasteiger partial charge is 0.487 e. The summed E-state index contributed by atoms with van der Waals surface area (Å²) >= 11 is 6.44. The second kappa shape index (κ2) is 12.4. The van der Waals surface area contributed by atoms with Gasteiger partial charge in [0.1, 0.15) is 34.7 Å². The van der Waals surface area contributed by atoms with Crippen LogP contribution in [0.15, 0.2) is 59.9 Å². The molecule has 3 atom stereocenters. The van der Waals surface area contributed by atoms with Crippen LogP contribution >= 0.6 is 11.6 Å². The molecular formula is C29H34ClFN4O4S. The molecule has 1 saturated carbocycles. The highest BCUT2D eigenvalue weighted by molar-refractivity contribution is 7.92. The second-order valence-electron chi connectivity index (χ2n) is 10.7. The molecule has 1 aromatic heterocycles. The lowest BCUT2D eigenvalue weighted by atomic mass is 9.78. The maximum Gasteiger partial charge on any atom is 0.266 e. The number of nitrogens with zero attached hydrogens (tertiary/aromatic N) is 3. The van der Waals surface area contributed by atoms with Crippen molar-refractivity contribution in [1.29, 1.82) is 0 Å². The van der Waals surface area contributed by atoms with Gasteiger partial charge < -0.3 is 14.4 Å². The van der Waals surface area contributed by atoms with E-state index >= 15 is 4.39 Å². The number of nitrogens with one attached hydrogen (secondary N) is 1. The van der Waals surface area contributed by atoms with Gasteiger partial charge in [-0.05, 0) is 81.3 Å². The SMILES string of the molecule is CN(C)[C@H]1C[C@@H](c2cccc(C3CCOCC3)c2)CC[C@@H]1Oc1cc(F)c(S(=O)(=O)Nc2ccncn2)cc1Cl. The summed E-state index contributed by atoms with van der Waals surface area (Å²) < 4.78 is 54.7. The fourth-order valence-corrected chi connectivity index (χ4v) is 7.08. The van der Waals surface area contributed by atoms with E-state index in [-0.39, 0.29) is 28.7 Å². The van der Waals surface area contributed by atoms with E-state index in [1.54, 1.807) is 0 Å². The predicted molar refractivity (Wildman–Crippen MR) is 152 cm³/mol. The van der Waals surface area contributed by atoms with E-state index in [9.17, 15) is 8.42 Å². The molecule has 5 rings (SSSR count). The van der Waals surface area contributed by atoms with Gasteiger partial charge in [0.15, 0.2) is 0 Å². The van der Waals surface area contributed by atoms with Crippen LogP contribution in [0.25, 0.3) is 0 Å². The van der Waals surface area contributed by atoms with Gasteiger partial charge in [0, 0.05) is 31.5 Å². The average molecular weight is 589 g/mol. The third kappa shape index (κ3) is 6.57. The van der Waals surface area contributed by atoms with Gasteiger partial charge in [0.05, 0.1) is 5.02 Å². The highest BCUT2D eigenvalue weighted by Gasteiger charge is 2.35. The molecule has 3 aromatic rings. The third-order valence-corrected chi connectivity index (χ3v) is 9.53. The number of sulfonamides is 1. The Balaban J connectivity index is 1.30. The van der Waals surface area contributed by atoms with Gasteiger partial charge in [-0.3, -0.25) is 4.72 Å². The van der Waals surface area contributed by atoms with Crippen LogP contribution in [0, 0.1) is 5.82 Å². The molecule has 0 radical (unpaired) electrons. The number of anilines is 1. The Labute approximate surface area is 239 Å². The van der Waals surface area contributed by atoms with Gasteiger partial charge in [-0.15, -0.1) is 0 Å². The molecule has 0 bridgehead atoms. The van der Waals surface area contributed by atoms with Crippen molar-refractivity contribution in [3.8, 4) is 5.75 Å². The summed E-state index contributed by atoms with van der Waals surface area (Å²) in [4.78, 5) is 9.12. The Morgan fingerprint density at radius 2 is 1.80 bits per heavy atom. The summed E-state index contributed by atoms with van der Waals surface area (Å²) in [6, 6.07) is 12.5. The summed E-state index contributed by atoms with van der Waals surface area (Å²) in [6.07, 6.45) is 7.00. The van der Waals surface area contributed by atoms with Crippen LogP contribution in [0.1, 0.15) is 55.1 Å². The molecule has 1 saturated heterocycles. The highest BCUT2D eigenvalue weighted by Crippen LogP contribution is 2.40. The summed E-state index contributed by atoms with van der Waals surface area (Å²) in [6.45, 7) is 1.63. The van der Waals surface area contributed by atoms with Crippen molar-refractivity contribution in [2.45, 2.75) is 61.0 Å². The van der Waals surface area contributed by atoms with Gasteiger partial charge in [-0.1, -0.05) is 35.9 Å². The monoisotopic (exact) mass is 588 g/mol. The average Bonchev–Trinajstić information content (AvgIpc) is 2.95. The van der Waals surface area contributed by atoms with Gasteiger partial charge >= 0.3 is 0 Å². The zero-order valence-corrected chi connectivity index (χ0v) is 24.2. The van der Waals surface area contributed by atoms with E-state index in [1.807, 2.05) is 14.1 Å². The van der Waals surface area contributed by atoms with Gasteiger partial charge in [-0.25, -0.2) is 22.8 Å². The normalized spacial score (nSPS) is 22.3. The summed E-state index contributed by atoms with van der Waals surface area (Å²) in [5.41, 5.74) is 2.72. The first kappa shape index (κ1) is 28.7. The molecule has 2 aromatic carbocycles. The number of benzene rings is 2. The molecule has 2 aliphatic rings. The Morgan fingerprint density at radius 3 is 2.50 bits per heavy atom. The van der Waals surface area contributed by atoms with Crippen molar-refractivity contribution in [3.63, 3.8) is 0 Å². The minimum absolute atomic E-state index is 0.0215. The summed E-state index contributed by atoms with van der Waals surface area (Å²) in [7, 11) is -0.236. The predicted octanol–water partition coefficient (Wildman–Crippen LogP) is 5.61. The molecule has 2 fully saturated rings. The number of aromatic nitrogens is 2. The molecule has 1 aliphatic heterocycles. The van der Waals surface area contributed by atoms with E-state index in [0.29, 0.717) is 11.8 Å². The maximum atomic E-state index is 15.1. The van der Waals surface area contributed by atoms with Crippen LogP contribution in [0.5, 0.6) is 5.75 Å². The Bertz CT molecular complexity index is 1420. The quantitative estimate of drug-likeness (QED) is 0.365. The van der Waals surface area contributed by atoms with E-state index in [0.717, 1.165) is 57.5 Å². The standard InChI is InChI=1S/C29H34ClFN4O4S/c1-35(2)25-15-22(21-5-3-4-20(14-21)19-9-12-38-13-10-19)6-7-26(25)39-27-17-24(31)28(16-23(27)30)40(36,37)34-29-8-11-32-18-33-29/h3-5,8,11,14,16-19,22,25-26H,6-7,9-10,12-13,15H2,1-2H3,(H,32,33,34)/t22-,25-,26-/m0/s1. The lowest BCUT2D eigenvalue weighted by Crippen LogP contribution is -2.46. The van der Waals surface area contributed by atoms with E-state index in [2.05, 4.69) is 43.9 Å². The lowest BCUT2D eigenvalue weighted by Gasteiger charge is -2.40. The molecule has 40 heavy (non-hydrogen) atoms. The summed E-state index contributed by atoms with van der Waals surface area (Å²) in [5, 5.41) is 0.0215. The topological polar surface area (TPSA) is 93.7 Å². The number of hydrogen-bond acceptors (Lipinski definition) is 7. The van der Waals surface area contributed by atoms with E-state index in [1.165, 1.54) is 29.7 Å². The molecule has 214 valence electrons. The van der Waals surface area contributed by atoms with Crippen molar-refractivity contribution in [3.05, 3.63) is 77.0 Å². The zero-order valence-electron chi connectivity index (χ0n) is 22.6. The van der Waals surface area contributed by atoms with Crippen molar-refractivity contribution in [2.75, 3.05) is 32.0 Å². The molecule has 0 spiro atoms. The Morgan fingerprint density at radius 1 is 1.05 bits per heavy atom. The minimum atomic E-state index is -4.26. The first-order valence-corrected chi connectivity index (χ1v) is 15.4. The second-order valence-corrected chi connectivity index (χ2v) is 12.7. The number of ether oxygens (including phenoxy) is 2. The van der Waals surface area contributed by atoms with Crippen molar-refractivity contribution >= 4 is 27.4 Å². The number of likely N-dealkylation sites (N-methyl/N-ethyl adjacent to an activating group) is 1. The minimum Gasteiger partial charge on any atom is -0.487 e. The fraction of sp³-hybridized carbons (Fsp3) is 0.448. The fourth-order valence-electron chi connectivity index (χ4n) is 5.71. The van der Waals surface area contributed by atoms with Crippen molar-refractivity contribution < 1.29 is 22.3 Å². The van der Waals surface area contributed by atoms with Gasteiger partial charge in [0.25, 0.3) is 10.0 Å². The van der Waals surface area contributed by atoms with E-state index in [4.69, 9.17) is 21.1 Å². The van der Waals surface area contributed by atoms with Crippen LogP contribution in [0.3, 0.4) is 0 Å². The number of hydrogen-bond donors (Lipinski definition) is 1. The van der Waals surface area contributed by atoms with Crippen LogP contribution < -0.4 is 9.46 Å². The maximum absolute atomic E-state index is 15.1.